The Labute approximate surface area is 244 Å². The minimum atomic E-state index is -3.92. The average molecular weight is 589 g/mol. The van der Waals surface area contributed by atoms with Gasteiger partial charge in [0.25, 0.3) is 0 Å². The molecule has 3 amide bonds. The third kappa shape index (κ3) is 12.0. The Morgan fingerprint density at radius 1 is 0.927 bits per heavy atom. The highest BCUT2D eigenvalue weighted by molar-refractivity contribution is 7.84. The molecule has 0 radical (unpaired) electrons. The number of benzene rings is 2. The molecule has 3 rings (SSSR count). The topological polar surface area (TPSA) is 140 Å². The number of carbonyl (C=O) groups excluding carboxylic acids is 3. The van der Waals surface area contributed by atoms with Crippen LogP contribution in [-0.4, -0.2) is 68.5 Å². The van der Waals surface area contributed by atoms with Crippen LogP contribution in [0.15, 0.2) is 48.5 Å². The Hall–Kier alpha value is -3.28. The lowest BCUT2D eigenvalue weighted by molar-refractivity contribution is -0.890. The van der Waals surface area contributed by atoms with E-state index in [-0.39, 0.29) is 42.0 Å². The van der Waals surface area contributed by atoms with Crippen LogP contribution in [0.1, 0.15) is 57.7 Å². The van der Waals surface area contributed by atoms with Gasteiger partial charge in [0, 0.05) is 49.4 Å². The van der Waals surface area contributed by atoms with E-state index < -0.39 is 10.1 Å². The summed E-state index contributed by atoms with van der Waals surface area (Å²) in [7, 11) is -2.06. The van der Waals surface area contributed by atoms with Crippen LogP contribution in [0.25, 0.3) is 0 Å². The van der Waals surface area contributed by atoms with Crippen LogP contribution in [0, 0.1) is 11.8 Å². The Morgan fingerprint density at radius 3 is 2.07 bits per heavy atom. The third-order valence-corrected chi connectivity index (χ3v) is 6.86. The highest BCUT2D eigenvalue weighted by atomic mass is 32.2. The van der Waals surface area contributed by atoms with E-state index in [0.717, 1.165) is 36.4 Å². The molecule has 1 aliphatic rings. The van der Waals surface area contributed by atoms with Crippen molar-refractivity contribution in [2.45, 2.75) is 53.0 Å². The monoisotopic (exact) mass is 588 g/mol. The number of amides is 3. The van der Waals surface area contributed by atoms with Crippen molar-refractivity contribution in [3.8, 4) is 0 Å². The fraction of sp³-hybridized carbons (Fsp3) is 0.500. The molecule has 0 spiro atoms. The molecule has 1 heterocycles. The van der Waals surface area contributed by atoms with Crippen LogP contribution in [0.2, 0.25) is 0 Å². The van der Waals surface area contributed by atoms with E-state index in [0.29, 0.717) is 11.9 Å². The molecule has 11 heteroatoms. The molecule has 41 heavy (non-hydrogen) atoms. The van der Waals surface area contributed by atoms with Crippen LogP contribution in [0.5, 0.6) is 0 Å². The summed E-state index contributed by atoms with van der Waals surface area (Å²) in [5.74, 6) is -0.370. The van der Waals surface area contributed by atoms with Crippen molar-refractivity contribution in [1.29, 1.82) is 0 Å². The Bertz CT molecular complexity index is 1280. The second-order valence-electron chi connectivity index (χ2n) is 11.1. The Balaban J connectivity index is 0.00000108. The van der Waals surface area contributed by atoms with Crippen molar-refractivity contribution in [2.75, 3.05) is 43.6 Å². The number of nitrogens with one attached hydrogen (secondary N) is 3. The van der Waals surface area contributed by atoms with E-state index >= 15 is 0 Å². The van der Waals surface area contributed by atoms with Crippen molar-refractivity contribution in [2.24, 2.45) is 11.8 Å². The number of nitrogens with zero attached hydrogens (tertiary/aromatic N) is 1. The standard InChI is InChI=1S/C29H40N4O3.CH4O3S/c1-20(2)28(35)30-24-13-10-12-23(17-24)26(19-33-15-8-9-16-33)32(5)27(34)18-22-11-6-7-14-25(22)31-29(36)21(3)4;1-5(2,3)4/h6-7,10-14,17,20-21,26H,8-9,15-16,18-19H2,1-5H3,(H,30,35)(H,31,36);1H3,(H,2,3,4)/t26-;/m1./s1. The van der Waals surface area contributed by atoms with Crippen molar-refractivity contribution in [3.63, 3.8) is 0 Å². The number of para-hydroxylation sites is 1. The summed E-state index contributed by atoms with van der Waals surface area (Å²) < 4.78 is 27.2. The van der Waals surface area contributed by atoms with Crippen LogP contribution in [-0.2, 0) is 30.9 Å². The van der Waals surface area contributed by atoms with Gasteiger partial charge in [-0.2, -0.15) is 0 Å². The number of likely N-dealkylation sites (N-methyl/N-ethyl adjacent to an activating group) is 1. The SMILES string of the molecule is CC(C)C(=O)Nc1cccc([C@@H](C[NH+]2CCCC2)N(C)C(=O)Cc2ccccc2NC(=O)C(C)C)c1.CS(=O)(=O)[O-]. The molecule has 1 atom stereocenters. The fourth-order valence-electron chi connectivity index (χ4n) is 4.48. The first-order valence-electron chi connectivity index (χ1n) is 13.9. The van der Waals surface area contributed by atoms with E-state index in [9.17, 15) is 14.4 Å². The number of anilines is 2. The predicted octanol–water partition coefficient (Wildman–Crippen LogP) is 2.46. The van der Waals surface area contributed by atoms with Crippen LogP contribution >= 0.6 is 0 Å². The van der Waals surface area contributed by atoms with Gasteiger partial charge in [-0.3, -0.25) is 14.4 Å². The number of carbonyl (C=O) groups is 3. The quantitative estimate of drug-likeness (QED) is 0.364. The van der Waals surface area contributed by atoms with E-state index in [2.05, 4.69) is 10.6 Å². The Morgan fingerprint density at radius 2 is 1.49 bits per heavy atom. The van der Waals surface area contributed by atoms with E-state index in [1.807, 2.05) is 88.2 Å². The molecule has 1 saturated heterocycles. The van der Waals surface area contributed by atoms with Gasteiger partial charge < -0.3 is 25.0 Å². The molecule has 0 saturated carbocycles. The lowest BCUT2D eigenvalue weighted by atomic mass is 10.0. The molecule has 0 unspecified atom stereocenters. The average Bonchev–Trinajstić information content (AvgIpc) is 3.40. The number of hydrogen-bond donors (Lipinski definition) is 3. The maximum atomic E-state index is 13.6. The number of likely N-dealkylation sites (tertiary alicyclic amines) is 1. The summed E-state index contributed by atoms with van der Waals surface area (Å²) in [5.41, 5.74) is 3.23. The van der Waals surface area contributed by atoms with Gasteiger partial charge in [-0.05, 0) is 29.3 Å². The van der Waals surface area contributed by atoms with E-state index in [1.165, 1.54) is 17.7 Å². The van der Waals surface area contributed by atoms with E-state index in [1.54, 1.807) is 0 Å². The summed E-state index contributed by atoms with van der Waals surface area (Å²) in [4.78, 5) is 41.4. The summed E-state index contributed by atoms with van der Waals surface area (Å²) in [6.07, 6.45) is 3.20. The fourth-order valence-corrected chi connectivity index (χ4v) is 4.48. The zero-order chi connectivity index (χ0) is 30.7. The minimum Gasteiger partial charge on any atom is -0.748 e. The van der Waals surface area contributed by atoms with Crippen LogP contribution in [0.3, 0.4) is 0 Å². The lowest BCUT2D eigenvalue weighted by Gasteiger charge is -2.31. The van der Waals surface area contributed by atoms with Crippen LogP contribution < -0.4 is 15.5 Å². The smallest absolute Gasteiger partial charge is 0.227 e. The number of quaternary nitrogens is 1. The lowest BCUT2D eigenvalue weighted by Crippen LogP contribution is -3.10. The highest BCUT2D eigenvalue weighted by Crippen LogP contribution is 2.24. The largest absolute Gasteiger partial charge is 0.748 e. The molecule has 0 aliphatic carbocycles. The molecule has 1 fully saturated rings. The van der Waals surface area contributed by atoms with Crippen LogP contribution in [0.4, 0.5) is 11.4 Å². The molecular weight excluding hydrogens is 544 g/mol. The predicted molar refractivity (Wildman–Crippen MR) is 159 cm³/mol. The first-order chi connectivity index (χ1) is 19.2. The summed E-state index contributed by atoms with van der Waals surface area (Å²) >= 11 is 0. The van der Waals surface area contributed by atoms with Gasteiger partial charge in [-0.15, -0.1) is 0 Å². The Kier molecular flexibility index (Phi) is 12.9. The van der Waals surface area contributed by atoms with Gasteiger partial charge in [-0.1, -0.05) is 58.0 Å². The van der Waals surface area contributed by atoms with Gasteiger partial charge in [-0.25, -0.2) is 8.42 Å². The summed E-state index contributed by atoms with van der Waals surface area (Å²) in [6.45, 7) is 10.5. The van der Waals surface area contributed by atoms with Gasteiger partial charge in [0.05, 0.1) is 29.6 Å². The zero-order valence-electron chi connectivity index (χ0n) is 24.9. The van der Waals surface area contributed by atoms with Crippen molar-refractivity contribution < 1.29 is 32.3 Å². The van der Waals surface area contributed by atoms with Crippen molar-refractivity contribution in [1.82, 2.24) is 4.90 Å². The second-order valence-corrected chi connectivity index (χ2v) is 12.5. The molecule has 0 aromatic heterocycles. The highest BCUT2D eigenvalue weighted by Gasteiger charge is 2.29. The normalized spacial score (nSPS) is 14.3. The molecule has 2 aromatic rings. The maximum Gasteiger partial charge on any atom is 0.227 e. The number of hydrogen-bond acceptors (Lipinski definition) is 6. The number of rotatable bonds is 10. The van der Waals surface area contributed by atoms with Crippen molar-refractivity contribution in [3.05, 3.63) is 59.7 Å². The zero-order valence-corrected chi connectivity index (χ0v) is 25.7. The molecule has 10 nitrogen and oxygen atoms in total. The van der Waals surface area contributed by atoms with E-state index in [4.69, 9.17) is 13.0 Å². The van der Waals surface area contributed by atoms with Gasteiger partial charge in [0.1, 0.15) is 12.6 Å². The minimum absolute atomic E-state index is 0.0125. The maximum absolute atomic E-state index is 13.6. The molecular formula is C30H44N4O6S. The second kappa shape index (κ2) is 15.6. The van der Waals surface area contributed by atoms with Gasteiger partial charge in [0.15, 0.2) is 0 Å². The molecule has 1 aliphatic heterocycles. The molecule has 0 bridgehead atoms. The van der Waals surface area contributed by atoms with Gasteiger partial charge >= 0.3 is 0 Å². The summed E-state index contributed by atoms with van der Waals surface area (Å²) in [6, 6.07) is 15.2. The van der Waals surface area contributed by atoms with Gasteiger partial charge in [0.2, 0.25) is 17.7 Å². The molecule has 226 valence electrons. The first kappa shape index (κ1) is 33.9. The molecule has 3 N–H and O–H groups in total. The van der Waals surface area contributed by atoms with Crippen molar-refractivity contribution >= 4 is 39.2 Å². The summed E-state index contributed by atoms with van der Waals surface area (Å²) in [5, 5.41) is 5.94. The third-order valence-electron chi connectivity index (χ3n) is 6.86. The molecule has 2 aromatic carbocycles. The first-order valence-corrected chi connectivity index (χ1v) is 15.8.